The van der Waals surface area contributed by atoms with Gasteiger partial charge in [-0.1, -0.05) is 26.0 Å². The number of carbonyl (C=O) groups is 8. The van der Waals surface area contributed by atoms with E-state index in [-0.39, 0.29) is 106 Å². The normalized spacial score (nSPS) is 20.1. The second-order valence-electron chi connectivity index (χ2n) is 27.5. The minimum Gasteiger partial charge on any atom is -0.496 e. The highest BCUT2D eigenvalue weighted by Crippen LogP contribution is 2.58. The Kier molecular flexibility index (Phi) is 31.8. The van der Waals surface area contributed by atoms with Crippen molar-refractivity contribution in [3.63, 3.8) is 0 Å². The summed E-state index contributed by atoms with van der Waals surface area (Å²) in [5, 5.41) is 65.0. The van der Waals surface area contributed by atoms with E-state index in [4.69, 9.17) is 28.8 Å². The molecular formula is C71H109N11O18. The van der Waals surface area contributed by atoms with Gasteiger partial charge in [-0.2, -0.15) is 5.10 Å². The zero-order valence-electron chi connectivity index (χ0n) is 59.5. The monoisotopic (exact) mass is 1400 g/mol. The fourth-order valence-electron chi connectivity index (χ4n) is 14.7. The number of nitrogens with one attached hydrogen (secondary N) is 3. The second kappa shape index (κ2) is 39.7. The van der Waals surface area contributed by atoms with Crippen molar-refractivity contribution in [2.45, 2.75) is 121 Å². The largest absolute Gasteiger partial charge is 0.496 e. The van der Waals surface area contributed by atoms with Crippen LogP contribution in [-0.2, 0) is 47.8 Å². The predicted octanol–water partition coefficient (Wildman–Crippen LogP) is 3.95. The summed E-state index contributed by atoms with van der Waals surface area (Å²) >= 11 is 0. The van der Waals surface area contributed by atoms with Crippen LogP contribution in [0.25, 0.3) is 16.9 Å². The van der Waals surface area contributed by atoms with Crippen LogP contribution in [0.1, 0.15) is 131 Å². The van der Waals surface area contributed by atoms with Crippen LogP contribution < -0.4 is 25.4 Å². The molecule has 1 saturated heterocycles. The summed E-state index contributed by atoms with van der Waals surface area (Å²) in [5.74, 6) is -3.72. The molecule has 556 valence electrons. The number of methoxy groups -OCH3 is 2. The van der Waals surface area contributed by atoms with E-state index >= 15 is 0 Å². The van der Waals surface area contributed by atoms with E-state index in [1.807, 2.05) is 55.4 Å². The fraction of sp³-hybridized carbons (Fsp3) is 0.676. The summed E-state index contributed by atoms with van der Waals surface area (Å²) < 4.78 is 30.2. The van der Waals surface area contributed by atoms with Crippen molar-refractivity contribution in [3.8, 4) is 28.4 Å². The summed E-state index contributed by atoms with van der Waals surface area (Å²) in [6.07, 6.45) is 6.15. The van der Waals surface area contributed by atoms with Gasteiger partial charge in [-0.05, 0) is 162 Å². The van der Waals surface area contributed by atoms with Gasteiger partial charge < -0.3 is 75.0 Å². The molecule has 100 heavy (non-hydrogen) atoms. The Morgan fingerprint density at radius 2 is 1.17 bits per heavy atom. The lowest BCUT2D eigenvalue weighted by Crippen LogP contribution is -2.70. The van der Waals surface area contributed by atoms with Gasteiger partial charge in [0.25, 0.3) is 5.91 Å². The summed E-state index contributed by atoms with van der Waals surface area (Å²) in [5.41, 5.74) is 2.00. The fourth-order valence-corrected chi connectivity index (χ4v) is 14.7. The molecule has 2 atom stereocenters. The molecule has 2 unspecified atom stereocenters. The highest BCUT2D eigenvalue weighted by molar-refractivity contribution is 5.98. The molecular weight excluding hydrogens is 1290 g/mol. The minimum atomic E-state index is -1.37. The highest BCUT2D eigenvalue weighted by atomic mass is 16.5. The Morgan fingerprint density at radius 3 is 1.69 bits per heavy atom. The van der Waals surface area contributed by atoms with Crippen molar-refractivity contribution in [3.05, 3.63) is 59.3 Å². The number of aliphatic hydroxyl groups is 1. The van der Waals surface area contributed by atoms with E-state index in [0.29, 0.717) is 138 Å². The van der Waals surface area contributed by atoms with Crippen molar-refractivity contribution in [1.29, 1.82) is 0 Å². The van der Waals surface area contributed by atoms with Gasteiger partial charge in [0.2, 0.25) is 17.7 Å². The van der Waals surface area contributed by atoms with Gasteiger partial charge >= 0.3 is 23.9 Å². The third-order valence-electron chi connectivity index (χ3n) is 20.0. The van der Waals surface area contributed by atoms with E-state index in [2.05, 4.69) is 34.7 Å². The van der Waals surface area contributed by atoms with Crippen LogP contribution in [0.15, 0.2) is 42.5 Å². The van der Waals surface area contributed by atoms with Gasteiger partial charge in [-0.3, -0.25) is 53.2 Å². The molecule has 29 nitrogen and oxygen atoms in total. The van der Waals surface area contributed by atoms with E-state index in [1.165, 1.54) is 0 Å². The van der Waals surface area contributed by atoms with Crippen LogP contribution in [0.2, 0.25) is 0 Å². The van der Waals surface area contributed by atoms with Crippen molar-refractivity contribution < 1.29 is 87.6 Å². The number of amides is 4. The van der Waals surface area contributed by atoms with Gasteiger partial charge in [0.1, 0.15) is 29.3 Å². The van der Waals surface area contributed by atoms with Crippen LogP contribution in [0.5, 0.6) is 11.5 Å². The predicted molar refractivity (Wildman–Crippen MR) is 370 cm³/mol. The molecule has 2 aromatic carbocycles. The molecule has 8 rings (SSSR count). The summed E-state index contributed by atoms with van der Waals surface area (Å²) in [7, 11) is 8.77. The molecule has 5 fully saturated rings. The molecule has 1 aromatic heterocycles. The number of carboxylic acids is 4. The van der Waals surface area contributed by atoms with Crippen molar-refractivity contribution in [2.75, 3.05) is 167 Å². The molecule has 2 heterocycles. The van der Waals surface area contributed by atoms with Gasteiger partial charge in [-0.15, -0.1) is 0 Å². The smallest absolute Gasteiger partial charge is 0.330 e. The van der Waals surface area contributed by atoms with Crippen LogP contribution in [0.4, 0.5) is 0 Å². The van der Waals surface area contributed by atoms with Crippen LogP contribution >= 0.6 is 0 Å². The van der Waals surface area contributed by atoms with E-state index < -0.39 is 47.6 Å². The topological polar surface area (TPSA) is 357 Å². The van der Waals surface area contributed by atoms with Gasteiger partial charge in [-0.25, -0.2) is 9.48 Å². The van der Waals surface area contributed by atoms with Crippen LogP contribution in [0, 0.1) is 23.7 Å². The Morgan fingerprint density at radius 1 is 0.640 bits per heavy atom. The number of carbonyl (C=O) groups excluding carboxylic acids is 4. The first kappa shape index (κ1) is 80.0. The Balaban J connectivity index is 0.727. The average Bonchev–Trinajstić information content (AvgIpc) is 0.783. The number of ether oxygens (including phenoxy) is 5. The molecule has 0 spiro atoms. The standard InChI is InChI=1S/C71H109N11O18/c1-48(2)54-44-51(15-16-56(54)82-58(66-59(96-6)13-8-14-60(66)97-7)45-55(75-82)67(90)74-71(70(94)95)52-40-49-39-50(42-52)43-53(71)41-49)68(91)78(5)26-12-24-76(3)23-11-25-77(4)63(85)20-19-62(84)73-22-10-34-99-36-38-100-37-35-98-33-9-21-72-61(83)18-17-57(69(92)93)81-31-29-79(46-64(86)87)27-28-80(30-32-81)47-65(88)89/h8,13-16,44-45,48-50,52-53,57,68,91H,9-12,17-43,46-47H2,1-7H3,(H,72,83)(H,73,84)(H,74,90)(H,86,87)(H,88,89)(H,92,93)(H,94,95). The molecule has 0 radical (unpaired) electrons. The first-order valence-electron chi connectivity index (χ1n) is 35.4. The van der Waals surface area contributed by atoms with E-state index in [0.717, 1.165) is 63.6 Å². The van der Waals surface area contributed by atoms with Gasteiger partial charge in [0.15, 0.2) is 5.69 Å². The number of rotatable bonds is 44. The maximum Gasteiger partial charge on any atom is 0.330 e. The van der Waals surface area contributed by atoms with Gasteiger partial charge in [0.05, 0.1) is 70.7 Å². The van der Waals surface area contributed by atoms with Crippen molar-refractivity contribution in [2.24, 2.45) is 23.7 Å². The SMILES string of the molecule is COc1cccc(OC)c1-c1cc(C(=O)NC2(C(=O)O)C3CC4CC(C3)CC2C4)nn1-c1ccc(C(O)N(C)CCCN(C)CCCN(C)C(=O)CCC(=O)NCCCOCCOCCOCCCNC(=O)CCC(C(=O)O)N2CCN(CC(=O)O)CCN(CC(=O)O)CC2)cc1C(C)C. The van der Waals surface area contributed by atoms with Crippen LogP contribution in [0.3, 0.4) is 0 Å². The quantitative estimate of drug-likeness (QED) is 0.0293. The lowest BCUT2D eigenvalue weighted by molar-refractivity contribution is -0.163. The number of carboxylic acid groups (broad SMARTS) is 4. The number of benzene rings is 2. The number of aromatic nitrogens is 2. The lowest BCUT2D eigenvalue weighted by atomic mass is 9.48. The van der Waals surface area contributed by atoms with E-state index in [9.17, 15) is 63.9 Å². The second-order valence-corrected chi connectivity index (χ2v) is 27.5. The molecule has 4 amide bonds. The number of aliphatic carboxylic acids is 4. The third-order valence-corrected chi connectivity index (χ3v) is 20.0. The molecule has 8 N–H and O–H groups in total. The number of nitrogens with zero attached hydrogens (tertiary/aromatic N) is 8. The number of hydrogen-bond donors (Lipinski definition) is 8. The summed E-state index contributed by atoms with van der Waals surface area (Å²) in [6.45, 7) is 10.8. The molecule has 1 aliphatic heterocycles. The Bertz CT molecular complexity index is 3110. The molecule has 3 aromatic rings. The first-order chi connectivity index (χ1) is 47.9. The lowest BCUT2D eigenvalue weighted by Gasteiger charge is -2.59. The highest BCUT2D eigenvalue weighted by Gasteiger charge is 2.62. The molecule has 4 saturated carbocycles. The molecule has 4 aliphatic carbocycles. The van der Waals surface area contributed by atoms with Crippen LogP contribution in [-0.4, -0.2) is 290 Å². The van der Waals surface area contributed by atoms with E-state index in [1.54, 1.807) is 51.6 Å². The van der Waals surface area contributed by atoms with Crippen molar-refractivity contribution >= 4 is 47.5 Å². The zero-order chi connectivity index (χ0) is 72.5. The Labute approximate surface area is 587 Å². The molecule has 29 heteroatoms. The number of aliphatic hydroxyl groups excluding tert-OH is 1. The maximum absolute atomic E-state index is 14.5. The Hall–Kier alpha value is -7.35. The molecule has 4 bridgehead atoms. The van der Waals surface area contributed by atoms with Crippen molar-refractivity contribution in [1.82, 2.24) is 55.1 Å². The first-order valence-corrected chi connectivity index (χ1v) is 35.4. The zero-order valence-corrected chi connectivity index (χ0v) is 59.5. The third kappa shape index (κ3) is 23.1. The maximum atomic E-state index is 14.5. The summed E-state index contributed by atoms with van der Waals surface area (Å²) in [4.78, 5) is 112. The molecule has 5 aliphatic rings. The number of hydrogen-bond acceptors (Lipinski definition) is 20. The minimum absolute atomic E-state index is 0.0267. The average molecular weight is 1400 g/mol. The van der Waals surface area contributed by atoms with Gasteiger partial charge in [0, 0.05) is 105 Å². The summed E-state index contributed by atoms with van der Waals surface area (Å²) in [6, 6.07) is 11.8.